The van der Waals surface area contributed by atoms with Crippen LogP contribution < -0.4 is 15.0 Å². The van der Waals surface area contributed by atoms with Crippen molar-refractivity contribution in [2.75, 3.05) is 18.0 Å². The molecular weight excluding hydrogens is 487 g/mol. The summed E-state index contributed by atoms with van der Waals surface area (Å²) in [4.78, 5) is 1.67. The van der Waals surface area contributed by atoms with Crippen LogP contribution in [-0.2, 0) is 6.18 Å². The number of fused-ring (bicyclic) bond motifs is 2. The van der Waals surface area contributed by atoms with Gasteiger partial charge in [-0.2, -0.15) is 13.2 Å². The molecule has 4 aromatic rings. The predicted octanol–water partition coefficient (Wildman–Crippen LogP) is 7.78. The first-order valence-corrected chi connectivity index (χ1v) is 12.0. The summed E-state index contributed by atoms with van der Waals surface area (Å²) >= 11 is 0. The minimum atomic E-state index is -4.79. The molecule has 0 saturated carbocycles. The summed E-state index contributed by atoms with van der Waals surface area (Å²) < 4.78 is 73.5. The molecule has 192 valence electrons. The Hall–Kier alpha value is -3.65. The number of benzene rings is 4. The second kappa shape index (κ2) is 10.0. The van der Waals surface area contributed by atoms with Crippen LogP contribution in [-0.4, -0.2) is 19.2 Å². The molecule has 1 aliphatic rings. The average molecular weight is 513 g/mol. The fraction of sp³-hybridized carbons (Fsp3) is 0.241. The van der Waals surface area contributed by atoms with E-state index >= 15 is 0 Å². The van der Waals surface area contributed by atoms with Gasteiger partial charge >= 0.3 is 6.18 Å². The normalized spacial score (nSPS) is 16.4. The Morgan fingerprint density at radius 2 is 1.76 bits per heavy atom. The monoisotopic (exact) mass is 512 g/mol. The standard InChI is InChI=1S/C29H25F5N2O/c1-18(23-8-4-6-19-5-2-3-7-24(19)23)35-14-13-22-17-36(27-12-9-20(30)15-28(27)37-22)21-10-11-25(26(31)16-21)29(32,33)34/h2-12,15-16,18,22,35H,13-14,17H2,1H3/t18-,22?/m1/s1. The number of ether oxygens (including phenoxy) is 1. The van der Waals surface area contributed by atoms with Crippen LogP contribution in [0.3, 0.4) is 0 Å². The predicted molar refractivity (Wildman–Crippen MR) is 134 cm³/mol. The lowest BCUT2D eigenvalue weighted by molar-refractivity contribution is -0.139. The van der Waals surface area contributed by atoms with Crippen LogP contribution in [0.2, 0.25) is 0 Å². The van der Waals surface area contributed by atoms with E-state index in [1.54, 1.807) is 4.90 Å². The van der Waals surface area contributed by atoms with E-state index in [2.05, 4.69) is 36.5 Å². The first-order valence-electron chi connectivity index (χ1n) is 12.0. The topological polar surface area (TPSA) is 24.5 Å². The number of hydrogen-bond donors (Lipinski definition) is 1. The third-order valence-electron chi connectivity index (χ3n) is 6.67. The maximum atomic E-state index is 14.4. The van der Waals surface area contributed by atoms with Gasteiger partial charge in [0.2, 0.25) is 0 Å². The van der Waals surface area contributed by atoms with Crippen molar-refractivity contribution >= 4 is 22.1 Å². The zero-order valence-electron chi connectivity index (χ0n) is 20.0. The Kier molecular flexibility index (Phi) is 6.77. The van der Waals surface area contributed by atoms with Crippen LogP contribution >= 0.6 is 0 Å². The maximum absolute atomic E-state index is 14.4. The Labute approximate surface area is 211 Å². The summed E-state index contributed by atoms with van der Waals surface area (Å²) in [7, 11) is 0. The molecular formula is C29H25F5N2O. The average Bonchev–Trinajstić information content (AvgIpc) is 2.86. The van der Waals surface area contributed by atoms with Crippen LogP contribution in [0.25, 0.3) is 10.8 Å². The summed E-state index contributed by atoms with van der Waals surface area (Å²) in [5, 5.41) is 5.82. The first-order chi connectivity index (χ1) is 17.7. The molecule has 1 N–H and O–H groups in total. The highest BCUT2D eigenvalue weighted by Crippen LogP contribution is 2.41. The number of anilines is 2. The summed E-state index contributed by atoms with van der Waals surface area (Å²) in [6, 6.07) is 21.1. The molecule has 4 aromatic carbocycles. The van der Waals surface area contributed by atoms with Crippen LogP contribution in [0.5, 0.6) is 5.75 Å². The molecule has 5 rings (SSSR count). The number of hydrogen-bond acceptors (Lipinski definition) is 3. The summed E-state index contributed by atoms with van der Waals surface area (Å²) in [6.45, 7) is 2.92. The molecule has 0 radical (unpaired) electrons. The second-order valence-corrected chi connectivity index (χ2v) is 9.16. The highest BCUT2D eigenvalue weighted by molar-refractivity contribution is 5.86. The summed E-state index contributed by atoms with van der Waals surface area (Å²) in [5.74, 6) is -1.60. The fourth-order valence-corrected chi connectivity index (χ4v) is 4.82. The van der Waals surface area contributed by atoms with Gasteiger partial charge < -0.3 is 15.0 Å². The molecule has 1 aliphatic heterocycles. The molecule has 0 saturated heterocycles. The molecule has 0 spiro atoms. The molecule has 2 atom stereocenters. The highest BCUT2D eigenvalue weighted by atomic mass is 19.4. The third-order valence-corrected chi connectivity index (χ3v) is 6.67. The number of nitrogens with one attached hydrogen (secondary N) is 1. The number of halogens is 5. The molecule has 37 heavy (non-hydrogen) atoms. The summed E-state index contributed by atoms with van der Waals surface area (Å²) in [6.07, 6.45) is -4.64. The van der Waals surface area contributed by atoms with Crippen molar-refractivity contribution in [2.24, 2.45) is 0 Å². The molecule has 0 bridgehead atoms. The lowest BCUT2D eigenvalue weighted by Crippen LogP contribution is -2.39. The molecule has 0 aromatic heterocycles. The fourth-order valence-electron chi connectivity index (χ4n) is 4.82. The number of alkyl halides is 3. The quantitative estimate of drug-likeness (QED) is 0.267. The van der Waals surface area contributed by atoms with Gasteiger partial charge in [-0.25, -0.2) is 8.78 Å². The minimum Gasteiger partial charge on any atom is -0.486 e. The first kappa shape index (κ1) is 25.0. The van der Waals surface area contributed by atoms with Crippen molar-refractivity contribution in [3.8, 4) is 5.75 Å². The third kappa shape index (κ3) is 5.25. The number of rotatable bonds is 6. The smallest absolute Gasteiger partial charge is 0.419 e. The second-order valence-electron chi connectivity index (χ2n) is 9.16. The van der Waals surface area contributed by atoms with Gasteiger partial charge in [0.15, 0.2) is 0 Å². The molecule has 8 heteroatoms. The molecule has 3 nitrogen and oxygen atoms in total. The van der Waals surface area contributed by atoms with Gasteiger partial charge in [-0.15, -0.1) is 0 Å². The minimum absolute atomic E-state index is 0.0551. The lowest BCUT2D eigenvalue weighted by atomic mass is 9.99. The molecule has 1 unspecified atom stereocenters. The van der Waals surface area contributed by atoms with E-state index in [1.807, 2.05) is 18.2 Å². The van der Waals surface area contributed by atoms with Gasteiger partial charge in [-0.1, -0.05) is 42.5 Å². The SMILES string of the molecule is C[C@@H](NCCC1CN(c2ccc(C(F)(F)F)c(F)c2)c2ccc(F)cc2O1)c1cccc2ccccc12. The van der Waals surface area contributed by atoms with Crippen molar-refractivity contribution in [1.29, 1.82) is 0 Å². The van der Waals surface area contributed by atoms with E-state index in [0.29, 0.717) is 18.7 Å². The van der Waals surface area contributed by atoms with Crippen molar-refractivity contribution in [3.63, 3.8) is 0 Å². The van der Waals surface area contributed by atoms with E-state index in [0.717, 1.165) is 23.1 Å². The van der Waals surface area contributed by atoms with Crippen molar-refractivity contribution in [3.05, 3.63) is 102 Å². The van der Waals surface area contributed by atoms with E-state index < -0.39 is 29.5 Å². The Balaban J connectivity index is 1.33. The van der Waals surface area contributed by atoms with Gasteiger partial charge in [0, 0.05) is 17.8 Å². The van der Waals surface area contributed by atoms with Crippen LogP contribution in [0.15, 0.2) is 78.9 Å². The van der Waals surface area contributed by atoms with E-state index in [-0.39, 0.29) is 24.0 Å². The van der Waals surface area contributed by atoms with E-state index in [1.165, 1.54) is 29.7 Å². The summed E-state index contributed by atoms with van der Waals surface area (Å²) in [5.41, 5.74) is 0.543. The van der Waals surface area contributed by atoms with Gasteiger partial charge in [0.1, 0.15) is 23.5 Å². The van der Waals surface area contributed by atoms with Gasteiger partial charge in [-0.05, 0) is 66.6 Å². The van der Waals surface area contributed by atoms with Crippen LogP contribution in [0.4, 0.5) is 33.3 Å². The van der Waals surface area contributed by atoms with E-state index in [9.17, 15) is 22.0 Å². The van der Waals surface area contributed by atoms with E-state index in [4.69, 9.17) is 4.74 Å². The van der Waals surface area contributed by atoms with Crippen LogP contribution in [0, 0.1) is 11.6 Å². The highest BCUT2D eigenvalue weighted by Gasteiger charge is 2.35. The zero-order chi connectivity index (χ0) is 26.2. The van der Waals surface area contributed by atoms with Crippen molar-refractivity contribution < 1.29 is 26.7 Å². The van der Waals surface area contributed by atoms with Gasteiger partial charge in [0.05, 0.1) is 17.8 Å². The van der Waals surface area contributed by atoms with Crippen molar-refractivity contribution in [1.82, 2.24) is 5.32 Å². The Morgan fingerprint density at radius 1 is 0.973 bits per heavy atom. The largest absolute Gasteiger partial charge is 0.486 e. The number of nitrogens with zero attached hydrogens (tertiary/aromatic N) is 1. The maximum Gasteiger partial charge on any atom is 0.419 e. The Bertz CT molecular complexity index is 1420. The zero-order valence-corrected chi connectivity index (χ0v) is 20.0. The van der Waals surface area contributed by atoms with Crippen LogP contribution in [0.1, 0.15) is 30.5 Å². The van der Waals surface area contributed by atoms with Gasteiger partial charge in [-0.3, -0.25) is 0 Å². The molecule has 0 amide bonds. The van der Waals surface area contributed by atoms with Gasteiger partial charge in [0.25, 0.3) is 0 Å². The molecule has 0 aliphatic carbocycles. The van der Waals surface area contributed by atoms with Crippen molar-refractivity contribution in [2.45, 2.75) is 31.7 Å². The molecule has 1 heterocycles. The Morgan fingerprint density at radius 3 is 2.54 bits per heavy atom. The lowest BCUT2D eigenvalue weighted by Gasteiger charge is -2.36. The molecule has 0 fully saturated rings.